The standard InChI is InChI=1S/C21H16ClN3O3S/c1-2-28-14-9-7-13(8-10-14)24-19(26)16-11-23-21-25(20(16)27)18(12-29-21)15-5-3-4-6-17(15)22/h3-12H,2H2,1H3,(H,24,26). The van der Waals surface area contributed by atoms with Crippen molar-refractivity contribution in [2.24, 2.45) is 0 Å². The van der Waals surface area contributed by atoms with Crippen LogP contribution < -0.4 is 15.6 Å². The Hall–Kier alpha value is -3.16. The molecule has 0 aliphatic carbocycles. The maximum absolute atomic E-state index is 13.1. The predicted molar refractivity (Wildman–Crippen MR) is 115 cm³/mol. The van der Waals surface area contributed by atoms with Crippen LogP contribution in [0, 0.1) is 0 Å². The number of thiazole rings is 1. The number of amides is 1. The molecule has 0 aliphatic heterocycles. The van der Waals surface area contributed by atoms with Crippen molar-refractivity contribution < 1.29 is 9.53 Å². The third-order valence-electron chi connectivity index (χ3n) is 4.26. The van der Waals surface area contributed by atoms with Crippen molar-refractivity contribution in [3.8, 4) is 17.0 Å². The van der Waals surface area contributed by atoms with E-state index in [-0.39, 0.29) is 5.56 Å². The van der Waals surface area contributed by atoms with Gasteiger partial charge in [0.2, 0.25) is 0 Å². The van der Waals surface area contributed by atoms with E-state index >= 15 is 0 Å². The second kappa shape index (κ2) is 8.06. The zero-order valence-corrected chi connectivity index (χ0v) is 17.0. The average molecular weight is 426 g/mol. The maximum Gasteiger partial charge on any atom is 0.271 e. The van der Waals surface area contributed by atoms with Gasteiger partial charge in [-0.3, -0.25) is 14.0 Å². The molecule has 2 aromatic heterocycles. The van der Waals surface area contributed by atoms with Gasteiger partial charge in [-0.05, 0) is 37.3 Å². The lowest BCUT2D eigenvalue weighted by atomic mass is 10.2. The van der Waals surface area contributed by atoms with Gasteiger partial charge in [-0.15, -0.1) is 11.3 Å². The summed E-state index contributed by atoms with van der Waals surface area (Å²) in [4.78, 5) is 30.5. The topological polar surface area (TPSA) is 72.7 Å². The summed E-state index contributed by atoms with van der Waals surface area (Å²) in [6.45, 7) is 2.45. The normalized spacial score (nSPS) is 10.8. The molecule has 0 spiro atoms. The Balaban J connectivity index is 1.70. The van der Waals surface area contributed by atoms with Gasteiger partial charge >= 0.3 is 0 Å². The van der Waals surface area contributed by atoms with Crippen LogP contribution in [-0.2, 0) is 0 Å². The number of fused-ring (bicyclic) bond motifs is 1. The summed E-state index contributed by atoms with van der Waals surface area (Å²) in [5.41, 5.74) is 1.36. The highest BCUT2D eigenvalue weighted by Crippen LogP contribution is 2.30. The molecule has 0 saturated heterocycles. The molecule has 0 saturated carbocycles. The lowest BCUT2D eigenvalue weighted by Crippen LogP contribution is -2.26. The SMILES string of the molecule is CCOc1ccc(NC(=O)c2cnc3scc(-c4ccccc4Cl)n3c2=O)cc1. The van der Waals surface area contributed by atoms with Gasteiger partial charge in [-0.25, -0.2) is 4.98 Å². The Morgan fingerprint density at radius 1 is 1.21 bits per heavy atom. The van der Waals surface area contributed by atoms with E-state index in [9.17, 15) is 9.59 Å². The smallest absolute Gasteiger partial charge is 0.271 e. The van der Waals surface area contributed by atoms with E-state index < -0.39 is 11.5 Å². The lowest BCUT2D eigenvalue weighted by molar-refractivity contribution is 0.102. The number of halogens is 1. The fraction of sp³-hybridized carbons (Fsp3) is 0.0952. The molecule has 0 atom stereocenters. The van der Waals surface area contributed by atoms with Crippen molar-refractivity contribution in [1.29, 1.82) is 0 Å². The Labute approximate surface area is 175 Å². The van der Waals surface area contributed by atoms with Crippen LogP contribution in [0.3, 0.4) is 0 Å². The number of ether oxygens (including phenoxy) is 1. The Kier molecular flexibility index (Phi) is 5.33. The zero-order valence-electron chi connectivity index (χ0n) is 15.4. The number of hydrogen-bond donors (Lipinski definition) is 1. The summed E-state index contributed by atoms with van der Waals surface area (Å²) in [5, 5.41) is 5.05. The van der Waals surface area contributed by atoms with Gasteiger partial charge in [0.1, 0.15) is 11.3 Å². The minimum atomic E-state index is -0.530. The average Bonchev–Trinajstić information content (AvgIpc) is 3.15. The largest absolute Gasteiger partial charge is 0.494 e. The number of aromatic nitrogens is 2. The van der Waals surface area contributed by atoms with Crippen LogP contribution in [0.5, 0.6) is 5.75 Å². The molecule has 29 heavy (non-hydrogen) atoms. The first-order chi connectivity index (χ1) is 14.1. The molecule has 1 N–H and O–H groups in total. The minimum Gasteiger partial charge on any atom is -0.494 e. The predicted octanol–water partition coefficient (Wildman–Crippen LogP) is 4.73. The second-order valence-corrected chi connectivity index (χ2v) is 7.35. The van der Waals surface area contributed by atoms with E-state index in [2.05, 4.69) is 10.3 Å². The van der Waals surface area contributed by atoms with E-state index in [0.717, 1.165) is 0 Å². The molecule has 146 valence electrons. The first kappa shape index (κ1) is 19.2. The van der Waals surface area contributed by atoms with Crippen molar-refractivity contribution >= 4 is 39.5 Å². The summed E-state index contributed by atoms with van der Waals surface area (Å²) in [5.74, 6) is 0.175. The Bertz CT molecular complexity index is 1250. The Morgan fingerprint density at radius 2 is 1.97 bits per heavy atom. The highest BCUT2D eigenvalue weighted by Gasteiger charge is 2.18. The third-order valence-corrected chi connectivity index (χ3v) is 5.43. The zero-order chi connectivity index (χ0) is 20.4. The molecule has 0 fully saturated rings. The molecular weight excluding hydrogens is 410 g/mol. The van der Waals surface area contributed by atoms with Crippen LogP contribution >= 0.6 is 22.9 Å². The summed E-state index contributed by atoms with van der Waals surface area (Å²) < 4.78 is 6.80. The molecule has 8 heteroatoms. The van der Waals surface area contributed by atoms with Crippen LogP contribution in [0.4, 0.5) is 5.69 Å². The number of nitrogens with zero attached hydrogens (tertiary/aromatic N) is 2. The highest BCUT2D eigenvalue weighted by atomic mass is 35.5. The van der Waals surface area contributed by atoms with Crippen LogP contribution in [0.25, 0.3) is 16.2 Å². The molecule has 0 aliphatic rings. The third kappa shape index (κ3) is 3.74. The summed E-state index contributed by atoms with van der Waals surface area (Å²) in [6.07, 6.45) is 1.30. The van der Waals surface area contributed by atoms with Crippen LogP contribution in [-0.4, -0.2) is 21.9 Å². The van der Waals surface area contributed by atoms with E-state index in [0.29, 0.717) is 39.3 Å². The van der Waals surface area contributed by atoms with Crippen LogP contribution in [0.1, 0.15) is 17.3 Å². The van der Waals surface area contributed by atoms with Gasteiger partial charge in [0.15, 0.2) is 4.96 Å². The van der Waals surface area contributed by atoms with Crippen molar-refractivity contribution in [1.82, 2.24) is 9.38 Å². The first-order valence-corrected chi connectivity index (χ1v) is 10.1. The van der Waals surface area contributed by atoms with Gasteiger partial charge in [-0.2, -0.15) is 0 Å². The number of carbonyl (C=O) groups is 1. The van der Waals surface area contributed by atoms with Gasteiger partial charge in [-0.1, -0.05) is 29.8 Å². The number of hydrogen-bond acceptors (Lipinski definition) is 5. The number of anilines is 1. The molecule has 1 amide bonds. The lowest BCUT2D eigenvalue weighted by Gasteiger charge is -2.08. The molecule has 6 nitrogen and oxygen atoms in total. The number of carbonyl (C=O) groups excluding carboxylic acids is 1. The second-order valence-electron chi connectivity index (χ2n) is 6.11. The minimum absolute atomic E-state index is 0.0527. The van der Waals surface area contributed by atoms with Crippen molar-refractivity contribution in [2.45, 2.75) is 6.92 Å². The Morgan fingerprint density at radius 3 is 2.69 bits per heavy atom. The van der Waals surface area contributed by atoms with E-state index in [1.807, 2.05) is 25.1 Å². The summed E-state index contributed by atoms with van der Waals surface area (Å²) >= 11 is 7.60. The molecule has 0 unspecified atom stereocenters. The van der Waals surface area contributed by atoms with Gasteiger partial charge < -0.3 is 10.1 Å². The molecular formula is C21H16ClN3O3S. The van der Waals surface area contributed by atoms with Gasteiger partial charge in [0, 0.05) is 27.9 Å². The molecule has 2 aromatic carbocycles. The summed E-state index contributed by atoms with van der Waals surface area (Å²) in [7, 11) is 0. The number of benzene rings is 2. The first-order valence-electron chi connectivity index (χ1n) is 8.87. The molecule has 4 rings (SSSR count). The van der Waals surface area contributed by atoms with Crippen molar-refractivity contribution in [3.63, 3.8) is 0 Å². The van der Waals surface area contributed by atoms with Gasteiger partial charge in [0.05, 0.1) is 12.3 Å². The fourth-order valence-electron chi connectivity index (χ4n) is 2.91. The quantitative estimate of drug-likeness (QED) is 0.501. The molecule has 0 bridgehead atoms. The highest BCUT2D eigenvalue weighted by molar-refractivity contribution is 7.15. The van der Waals surface area contributed by atoms with Gasteiger partial charge in [0.25, 0.3) is 11.5 Å². The van der Waals surface area contributed by atoms with E-state index in [1.54, 1.807) is 35.7 Å². The number of rotatable bonds is 5. The fourth-order valence-corrected chi connectivity index (χ4v) is 3.99. The van der Waals surface area contributed by atoms with E-state index in [4.69, 9.17) is 16.3 Å². The van der Waals surface area contributed by atoms with E-state index in [1.165, 1.54) is 21.9 Å². The van der Waals surface area contributed by atoms with Crippen LogP contribution in [0.2, 0.25) is 5.02 Å². The van der Waals surface area contributed by atoms with Crippen molar-refractivity contribution in [3.05, 3.63) is 81.0 Å². The monoisotopic (exact) mass is 425 g/mol. The molecule has 2 heterocycles. The number of nitrogens with one attached hydrogen (secondary N) is 1. The van der Waals surface area contributed by atoms with Crippen molar-refractivity contribution in [2.75, 3.05) is 11.9 Å². The molecule has 4 aromatic rings. The van der Waals surface area contributed by atoms with Crippen LogP contribution in [0.15, 0.2) is 64.9 Å². The maximum atomic E-state index is 13.1. The molecule has 0 radical (unpaired) electrons. The summed E-state index contributed by atoms with van der Waals surface area (Å²) in [6, 6.07) is 14.2.